The van der Waals surface area contributed by atoms with Crippen molar-refractivity contribution in [3.8, 4) is 0 Å². The number of imidazole rings is 1. The molecule has 0 spiro atoms. The maximum Gasteiger partial charge on any atom is 0.356 e. The van der Waals surface area contributed by atoms with E-state index in [0.29, 0.717) is 18.0 Å². The van der Waals surface area contributed by atoms with Gasteiger partial charge in [0.15, 0.2) is 11.5 Å². The van der Waals surface area contributed by atoms with Crippen molar-refractivity contribution in [1.29, 1.82) is 0 Å². The van der Waals surface area contributed by atoms with E-state index in [1.165, 1.54) is 0 Å². The van der Waals surface area contributed by atoms with E-state index in [-0.39, 0.29) is 11.1 Å². The molecule has 0 saturated heterocycles. The smallest absolute Gasteiger partial charge is 0.356 e. The van der Waals surface area contributed by atoms with Crippen molar-refractivity contribution in [1.82, 2.24) is 14.3 Å². The molecule has 0 unspecified atom stereocenters. The van der Waals surface area contributed by atoms with E-state index >= 15 is 0 Å². The van der Waals surface area contributed by atoms with E-state index in [1.54, 1.807) is 22.7 Å². The molecule has 0 aliphatic heterocycles. The van der Waals surface area contributed by atoms with E-state index in [0.717, 1.165) is 6.54 Å². The number of hydrogen-bond acceptors (Lipinski definition) is 4. The summed E-state index contributed by atoms with van der Waals surface area (Å²) in [6, 6.07) is 5.43. The maximum absolute atomic E-state index is 11.5. The Labute approximate surface area is 124 Å². The Bertz CT molecular complexity index is 646. The van der Waals surface area contributed by atoms with Gasteiger partial charge in [0.2, 0.25) is 0 Å². The van der Waals surface area contributed by atoms with Crippen LogP contribution in [0, 0.1) is 5.41 Å². The van der Waals surface area contributed by atoms with E-state index in [9.17, 15) is 9.90 Å². The molecule has 0 bridgehead atoms. The molecule has 2 aromatic rings. The topological polar surface area (TPSA) is 69.9 Å². The molecule has 0 aromatic carbocycles. The molecule has 0 fully saturated rings. The van der Waals surface area contributed by atoms with Crippen LogP contribution in [0.3, 0.4) is 0 Å². The van der Waals surface area contributed by atoms with Crippen LogP contribution >= 0.6 is 0 Å². The highest BCUT2D eigenvalue weighted by atomic mass is 16.4. The van der Waals surface area contributed by atoms with Gasteiger partial charge in [-0.3, -0.25) is 4.40 Å². The zero-order valence-corrected chi connectivity index (χ0v) is 12.9. The second-order valence-corrected chi connectivity index (χ2v) is 6.30. The van der Waals surface area contributed by atoms with E-state index < -0.39 is 5.97 Å². The zero-order valence-electron chi connectivity index (χ0n) is 12.9. The van der Waals surface area contributed by atoms with E-state index in [4.69, 9.17) is 0 Å². The molecule has 0 saturated carbocycles. The van der Waals surface area contributed by atoms with Crippen LogP contribution in [-0.2, 0) is 0 Å². The molecule has 2 N–H and O–H groups in total. The number of carboxylic acid groups (broad SMARTS) is 1. The normalized spacial score (nSPS) is 12.0. The number of nitrogens with one attached hydrogen (secondary N) is 1. The van der Waals surface area contributed by atoms with Crippen LogP contribution in [0.25, 0.3) is 5.65 Å². The van der Waals surface area contributed by atoms with Gasteiger partial charge >= 0.3 is 5.97 Å². The first-order valence-corrected chi connectivity index (χ1v) is 6.89. The molecule has 0 radical (unpaired) electrons. The summed E-state index contributed by atoms with van der Waals surface area (Å²) < 4.78 is 1.59. The van der Waals surface area contributed by atoms with Gasteiger partial charge < -0.3 is 15.3 Å². The molecule has 114 valence electrons. The van der Waals surface area contributed by atoms with Crippen LogP contribution in [0.5, 0.6) is 0 Å². The van der Waals surface area contributed by atoms with Crippen molar-refractivity contribution >= 4 is 17.4 Å². The largest absolute Gasteiger partial charge is 0.476 e. The maximum atomic E-state index is 11.5. The second-order valence-electron chi connectivity index (χ2n) is 6.30. The fourth-order valence-corrected chi connectivity index (χ4v) is 2.56. The Hall–Kier alpha value is -2.08. The van der Waals surface area contributed by atoms with Crippen LogP contribution in [-0.4, -0.2) is 52.5 Å². The monoisotopic (exact) mass is 290 g/mol. The van der Waals surface area contributed by atoms with E-state index in [2.05, 4.69) is 29.0 Å². The van der Waals surface area contributed by atoms with Crippen LogP contribution in [0.15, 0.2) is 24.4 Å². The molecule has 21 heavy (non-hydrogen) atoms. The van der Waals surface area contributed by atoms with Gasteiger partial charge in [0, 0.05) is 19.3 Å². The number of carbonyl (C=O) groups is 1. The van der Waals surface area contributed by atoms with Gasteiger partial charge in [-0.1, -0.05) is 19.9 Å². The number of pyridine rings is 1. The molecule has 6 heteroatoms. The number of nitrogens with zero attached hydrogens (tertiary/aromatic N) is 3. The third-order valence-corrected chi connectivity index (χ3v) is 3.21. The molecule has 0 atom stereocenters. The van der Waals surface area contributed by atoms with E-state index in [1.807, 2.05) is 20.2 Å². The van der Waals surface area contributed by atoms with Gasteiger partial charge in [0.1, 0.15) is 5.65 Å². The predicted molar refractivity (Wildman–Crippen MR) is 83.0 cm³/mol. The second kappa shape index (κ2) is 5.73. The lowest BCUT2D eigenvalue weighted by Gasteiger charge is -2.28. The van der Waals surface area contributed by atoms with Gasteiger partial charge in [-0.05, 0) is 31.6 Å². The van der Waals surface area contributed by atoms with Gasteiger partial charge in [0.05, 0.1) is 0 Å². The molecule has 2 aromatic heterocycles. The highest BCUT2D eigenvalue weighted by Crippen LogP contribution is 2.21. The minimum absolute atomic E-state index is 0.00900. The highest BCUT2D eigenvalue weighted by Gasteiger charge is 2.23. The van der Waals surface area contributed by atoms with Crippen molar-refractivity contribution in [2.24, 2.45) is 5.41 Å². The van der Waals surface area contributed by atoms with Crippen molar-refractivity contribution in [2.45, 2.75) is 13.8 Å². The van der Waals surface area contributed by atoms with Crippen molar-refractivity contribution in [3.63, 3.8) is 0 Å². The van der Waals surface area contributed by atoms with Crippen LogP contribution in [0.1, 0.15) is 24.3 Å². The number of rotatable bonds is 6. The summed E-state index contributed by atoms with van der Waals surface area (Å²) >= 11 is 0. The summed E-state index contributed by atoms with van der Waals surface area (Å²) in [7, 11) is 4.05. The molecular formula is C15H22N4O2. The summed E-state index contributed by atoms with van der Waals surface area (Å²) in [6.45, 7) is 5.82. The Morgan fingerprint density at radius 3 is 2.76 bits per heavy atom. The average Bonchev–Trinajstić information content (AvgIpc) is 2.73. The van der Waals surface area contributed by atoms with Gasteiger partial charge in [-0.2, -0.15) is 0 Å². The van der Waals surface area contributed by atoms with Crippen molar-refractivity contribution in [2.75, 3.05) is 32.5 Å². The molecule has 0 aliphatic rings. The van der Waals surface area contributed by atoms with Gasteiger partial charge in [-0.25, -0.2) is 9.78 Å². The quantitative estimate of drug-likeness (QED) is 0.852. The lowest BCUT2D eigenvalue weighted by molar-refractivity contribution is 0.0690. The molecular weight excluding hydrogens is 268 g/mol. The first-order chi connectivity index (χ1) is 9.80. The van der Waals surface area contributed by atoms with Crippen LogP contribution < -0.4 is 5.32 Å². The Balaban J connectivity index is 2.26. The fraction of sp³-hybridized carbons (Fsp3) is 0.467. The first kappa shape index (κ1) is 15.3. The summed E-state index contributed by atoms with van der Waals surface area (Å²) in [4.78, 5) is 18.0. The summed E-state index contributed by atoms with van der Waals surface area (Å²) in [5.41, 5.74) is 0.809. The molecule has 0 aliphatic carbocycles. The van der Waals surface area contributed by atoms with Crippen molar-refractivity contribution < 1.29 is 9.90 Å². The third kappa shape index (κ3) is 3.52. The Kier molecular flexibility index (Phi) is 4.18. The lowest BCUT2D eigenvalue weighted by atomic mass is 9.93. The molecule has 6 nitrogen and oxygen atoms in total. The summed E-state index contributed by atoms with van der Waals surface area (Å²) in [6.07, 6.45) is 1.71. The van der Waals surface area contributed by atoms with Gasteiger partial charge in [-0.15, -0.1) is 0 Å². The number of aromatic carboxylic acids is 1. The van der Waals surface area contributed by atoms with Gasteiger partial charge in [0.25, 0.3) is 0 Å². The minimum atomic E-state index is -0.985. The standard InChI is InChI=1S/C15H22N4O2/c1-15(2,10-18(3)4)9-16-13-12(14(20)21)19-8-6-5-7-11(19)17-13/h5-8,16H,9-10H2,1-4H3,(H,20,21). The fourth-order valence-electron chi connectivity index (χ4n) is 2.56. The molecule has 2 rings (SSSR count). The van der Waals surface area contributed by atoms with Crippen LogP contribution in [0.4, 0.5) is 5.82 Å². The number of carboxylic acids is 1. The SMILES string of the molecule is CN(C)CC(C)(C)CNc1nc2ccccn2c1C(=O)O. The number of aromatic nitrogens is 2. The zero-order chi connectivity index (χ0) is 15.6. The van der Waals surface area contributed by atoms with Crippen LogP contribution in [0.2, 0.25) is 0 Å². The minimum Gasteiger partial charge on any atom is -0.476 e. The third-order valence-electron chi connectivity index (χ3n) is 3.21. The lowest BCUT2D eigenvalue weighted by Crippen LogP contribution is -2.34. The first-order valence-electron chi connectivity index (χ1n) is 6.89. The molecule has 0 amide bonds. The average molecular weight is 290 g/mol. The Morgan fingerprint density at radius 1 is 1.43 bits per heavy atom. The predicted octanol–water partition coefficient (Wildman–Crippen LogP) is 2.03. The number of anilines is 1. The summed E-state index contributed by atoms with van der Waals surface area (Å²) in [5.74, 6) is -0.567. The highest BCUT2D eigenvalue weighted by molar-refractivity contribution is 5.92. The molecule has 2 heterocycles. The Morgan fingerprint density at radius 2 is 2.14 bits per heavy atom. The number of hydrogen-bond donors (Lipinski definition) is 2. The van der Waals surface area contributed by atoms with Crippen molar-refractivity contribution in [3.05, 3.63) is 30.1 Å². The summed E-state index contributed by atoms with van der Waals surface area (Å²) in [5, 5.41) is 12.6. The number of fused-ring (bicyclic) bond motifs is 1.